The monoisotopic (exact) mass is 1590 g/mol. The summed E-state index contributed by atoms with van der Waals surface area (Å²) in [6.45, 7) is 0. The first-order chi connectivity index (χ1) is 61.4. The molecule has 14 nitrogen and oxygen atoms in total. The van der Waals surface area contributed by atoms with Crippen LogP contribution >= 0.6 is 0 Å². The van der Waals surface area contributed by atoms with Crippen molar-refractivity contribution in [2.75, 3.05) is 0 Å². The highest BCUT2D eigenvalue weighted by Crippen LogP contribution is 2.65. The quantitative estimate of drug-likeness (QED) is 0.107. The fourth-order valence-corrected chi connectivity index (χ4v) is 18.6. The van der Waals surface area contributed by atoms with E-state index in [4.69, 9.17) is 69.3 Å². The molecule has 0 saturated carbocycles. The van der Waals surface area contributed by atoms with Gasteiger partial charge in [0.1, 0.15) is 23.0 Å². The summed E-state index contributed by atoms with van der Waals surface area (Å²) in [5.41, 5.74) is 22.9. The number of benzene rings is 16. The van der Waals surface area contributed by atoms with Gasteiger partial charge in [0, 0.05) is 89.0 Å². The molecule has 2 unspecified atom stereocenters. The molecule has 2 spiro atoms. The summed E-state index contributed by atoms with van der Waals surface area (Å²) in [5.74, 6) is 9.32. The predicted octanol–water partition coefficient (Wildman–Crippen LogP) is 25.0. The highest BCUT2D eigenvalue weighted by Gasteiger charge is 2.53. The molecule has 0 radical (unpaired) electrons. The third-order valence-electron chi connectivity index (χ3n) is 24.2. The lowest BCUT2D eigenvalue weighted by Gasteiger charge is -2.39. The number of hydrogen-bond donors (Lipinski definition) is 0. The number of aromatic nitrogens is 12. The topological polar surface area (TPSA) is 173 Å². The van der Waals surface area contributed by atoms with E-state index in [1.54, 1.807) is 0 Å². The Bertz CT molecular complexity index is 7510. The first-order valence-electron chi connectivity index (χ1n) is 41.3. The Morgan fingerprint density at radius 1 is 0.129 bits per heavy atom. The average molecular weight is 1590 g/mol. The van der Waals surface area contributed by atoms with E-state index in [-0.39, 0.29) is 0 Å². The molecule has 0 amide bonds. The van der Waals surface area contributed by atoms with Gasteiger partial charge >= 0.3 is 0 Å². The van der Waals surface area contributed by atoms with Crippen LogP contribution in [0.1, 0.15) is 44.5 Å². The molecule has 4 aliphatic rings. The zero-order valence-electron chi connectivity index (χ0n) is 66.3. The standard InChI is InChI=1S/C110H66N12O2/c1-8-29-67(30-9-1)97-111-98(68-31-10-2-11-32-68)116-105(115-97)77-53-57-87-84(62-77)82-46-23-25-48-86(82)109(87)89-58-52-75(64-94(89)124-96-66-80(54-59-90(96)109)107-119-101(71-37-16-5-17-38-71)113-102(120-107)72-39-18-6-19-40-72)74-43-28-44-76(61-74)104-114-103(73-41-20-7-21-42-73)121-108(122-104)79-55-60-91-95(65-79)123-93-50-27-26-49-88(93)110(91)85-47-24-22-45-81(85)83-56-51-78(63-92(83)110)106-117-99(69-33-12-3-13-34-69)112-100(118-106)70-35-14-4-15-36-70/h1-66H. The van der Waals surface area contributed by atoms with Gasteiger partial charge in [-0.3, -0.25) is 0 Å². The minimum atomic E-state index is -0.910. The molecule has 2 atom stereocenters. The molecule has 14 heteroatoms. The summed E-state index contributed by atoms with van der Waals surface area (Å²) >= 11 is 0. The van der Waals surface area contributed by atoms with Crippen LogP contribution in [-0.2, 0) is 10.8 Å². The number of nitrogens with zero attached hydrogens (tertiary/aromatic N) is 12. The van der Waals surface area contributed by atoms with Crippen molar-refractivity contribution in [2.24, 2.45) is 0 Å². The molecule has 578 valence electrons. The summed E-state index contributed by atoms with van der Waals surface area (Å²) in [4.78, 5) is 62.8. The molecule has 0 bridgehead atoms. The summed E-state index contributed by atoms with van der Waals surface area (Å²) in [6.07, 6.45) is 0. The molecule has 24 rings (SSSR count). The van der Waals surface area contributed by atoms with Crippen molar-refractivity contribution < 1.29 is 9.47 Å². The van der Waals surface area contributed by atoms with Gasteiger partial charge < -0.3 is 9.47 Å². The first kappa shape index (κ1) is 71.3. The van der Waals surface area contributed by atoms with Crippen LogP contribution in [0.2, 0.25) is 0 Å². The summed E-state index contributed by atoms with van der Waals surface area (Å²) in [7, 11) is 0. The van der Waals surface area contributed by atoms with E-state index in [1.807, 2.05) is 218 Å². The van der Waals surface area contributed by atoms with E-state index in [0.29, 0.717) is 87.1 Å². The maximum atomic E-state index is 7.53. The highest BCUT2D eigenvalue weighted by atomic mass is 16.5. The van der Waals surface area contributed by atoms with Crippen LogP contribution in [0.4, 0.5) is 0 Å². The van der Waals surface area contributed by atoms with Crippen molar-refractivity contribution in [3.63, 3.8) is 0 Å². The van der Waals surface area contributed by atoms with Crippen LogP contribution in [0.5, 0.6) is 23.0 Å². The number of rotatable bonds is 13. The fraction of sp³-hybridized carbons (Fsp3) is 0.0182. The molecule has 124 heavy (non-hydrogen) atoms. The van der Waals surface area contributed by atoms with E-state index in [2.05, 4.69) is 182 Å². The molecule has 0 saturated heterocycles. The number of fused-ring (bicyclic) bond motifs is 18. The Hall–Kier alpha value is -16.8. The van der Waals surface area contributed by atoms with Crippen molar-refractivity contribution in [2.45, 2.75) is 10.8 Å². The average Bonchev–Trinajstić information content (AvgIpc) is 1.50. The first-order valence-corrected chi connectivity index (χ1v) is 41.3. The lowest BCUT2D eigenvalue weighted by molar-refractivity contribution is 0.436. The Morgan fingerprint density at radius 2 is 0.355 bits per heavy atom. The van der Waals surface area contributed by atoms with Gasteiger partial charge in [0.05, 0.1) is 10.8 Å². The summed E-state index contributed by atoms with van der Waals surface area (Å²) < 4.78 is 14.7. The second-order valence-electron chi connectivity index (χ2n) is 31.3. The lowest BCUT2D eigenvalue weighted by Crippen LogP contribution is -2.32. The minimum Gasteiger partial charge on any atom is -0.457 e. The normalized spacial score (nSPS) is 14.5. The summed E-state index contributed by atoms with van der Waals surface area (Å²) in [6, 6.07) is 138. The van der Waals surface area contributed by atoms with Crippen molar-refractivity contribution in [3.8, 4) is 193 Å². The van der Waals surface area contributed by atoms with Crippen molar-refractivity contribution in [3.05, 3.63) is 445 Å². The van der Waals surface area contributed by atoms with Gasteiger partial charge in [-0.1, -0.05) is 358 Å². The highest BCUT2D eigenvalue weighted by molar-refractivity contribution is 5.94. The molecule has 16 aromatic carbocycles. The molecule has 2 aliphatic carbocycles. The molecule has 2 aliphatic heterocycles. The lowest BCUT2D eigenvalue weighted by atomic mass is 9.65. The predicted molar refractivity (Wildman–Crippen MR) is 485 cm³/mol. The smallest absolute Gasteiger partial charge is 0.164 e. The molecule has 4 aromatic heterocycles. The molecule has 6 heterocycles. The van der Waals surface area contributed by atoms with Gasteiger partial charge in [0.15, 0.2) is 69.9 Å². The van der Waals surface area contributed by atoms with Gasteiger partial charge in [-0.25, -0.2) is 59.8 Å². The van der Waals surface area contributed by atoms with Crippen LogP contribution in [0.3, 0.4) is 0 Å². The van der Waals surface area contributed by atoms with Gasteiger partial charge in [-0.2, -0.15) is 0 Å². The van der Waals surface area contributed by atoms with Crippen LogP contribution < -0.4 is 9.47 Å². The van der Waals surface area contributed by atoms with Crippen LogP contribution in [-0.4, -0.2) is 59.8 Å². The fourth-order valence-electron chi connectivity index (χ4n) is 18.6. The second kappa shape index (κ2) is 29.0. The Labute approximate surface area is 713 Å². The SMILES string of the molecule is c1ccc(-c2nc(-c3ccccc3)nc(-c3ccc4c(c3)Oc3cc(-c5cccc(-c6nc(-c7ccccc7)nc(-c7ccc8c(c7)Oc7ccccc7C87c8ccccc8-c8ccc(-c9nc(-c%10ccccc%10)nc(-c%10ccccc%10)n9)cc87)n6)c5)ccc3C43c4ccccc4-c4cc(-c5nc(-c6ccccc6)nc(-c6ccccc6)n5)ccc43)n2)cc1. The minimum absolute atomic E-state index is 0.475. The zero-order valence-corrected chi connectivity index (χ0v) is 66.3. The maximum Gasteiger partial charge on any atom is 0.164 e. The van der Waals surface area contributed by atoms with Crippen molar-refractivity contribution in [1.82, 2.24) is 59.8 Å². The van der Waals surface area contributed by atoms with Gasteiger partial charge in [-0.15, -0.1) is 0 Å². The number of para-hydroxylation sites is 1. The zero-order chi connectivity index (χ0) is 81.8. The third kappa shape index (κ3) is 11.8. The Morgan fingerprint density at radius 3 is 0.750 bits per heavy atom. The van der Waals surface area contributed by atoms with Crippen molar-refractivity contribution in [1.29, 1.82) is 0 Å². The van der Waals surface area contributed by atoms with Crippen LogP contribution in [0, 0.1) is 0 Å². The van der Waals surface area contributed by atoms with E-state index >= 15 is 0 Å². The van der Waals surface area contributed by atoms with Gasteiger partial charge in [0.2, 0.25) is 0 Å². The largest absolute Gasteiger partial charge is 0.457 e. The van der Waals surface area contributed by atoms with E-state index in [0.717, 1.165) is 150 Å². The molecular weight excluding hydrogens is 1520 g/mol. The molecular formula is C110H66N12O2. The maximum absolute atomic E-state index is 7.53. The molecule has 0 fully saturated rings. The van der Waals surface area contributed by atoms with E-state index in [9.17, 15) is 0 Å². The van der Waals surface area contributed by atoms with E-state index in [1.165, 1.54) is 0 Å². The van der Waals surface area contributed by atoms with Gasteiger partial charge in [0.25, 0.3) is 0 Å². The Balaban J connectivity index is 0.642. The van der Waals surface area contributed by atoms with E-state index < -0.39 is 10.8 Å². The molecule has 20 aromatic rings. The summed E-state index contributed by atoms with van der Waals surface area (Å²) in [5, 5.41) is 0. The molecule has 0 N–H and O–H groups in total. The number of ether oxygens (including phenoxy) is 2. The Kier molecular flexibility index (Phi) is 16.7. The van der Waals surface area contributed by atoms with Crippen molar-refractivity contribution >= 4 is 0 Å². The third-order valence-corrected chi connectivity index (χ3v) is 24.2. The van der Waals surface area contributed by atoms with Crippen LogP contribution in [0.25, 0.3) is 170 Å². The van der Waals surface area contributed by atoms with Crippen LogP contribution in [0.15, 0.2) is 400 Å². The van der Waals surface area contributed by atoms with Gasteiger partial charge in [-0.05, 0) is 98.1 Å². The second-order valence-corrected chi connectivity index (χ2v) is 31.3. The number of hydrogen-bond acceptors (Lipinski definition) is 14.